The van der Waals surface area contributed by atoms with Gasteiger partial charge in [0.2, 0.25) is 0 Å². The van der Waals surface area contributed by atoms with Crippen LogP contribution in [-0.4, -0.2) is 26.2 Å². The predicted molar refractivity (Wildman–Crippen MR) is 110 cm³/mol. The van der Waals surface area contributed by atoms with Crippen LogP contribution in [-0.2, 0) is 13.2 Å². The number of hydrogen-bond donors (Lipinski definition) is 1. The molecule has 10 heteroatoms. The summed E-state index contributed by atoms with van der Waals surface area (Å²) in [5.74, 6) is 0.381. The maximum atomic E-state index is 12.9. The van der Waals surface area contributed by atoms with Gasteiger partial charge in [0.15, 0.2) is 5.82 Å². The fourth-order valence-corrected chi connectivity index (χ4v) is 3.54. The van der Waals surface area contributed by atoms with E-state index in [2.05, 4.69) is 25.8 Å². The van der Waals surface area contributed by atoms with Gasteiger partial charge in [-0.3, -0.25) is 10.1 Å². The number of nitrogens with zero attached hydrogens (tertiary/aromatic N) is 5. The number of hydrazone groups is 1. The minimum Gasteiger partial charge on any atom is -0.275 e. The van der Waals surface area contributed by atoms with Crippen LogP contribution in [0.4, 0.5) is 19.0 Å². The van der Waals surface area contributed by atoms with Gasteiger partial charge in [0, 0.05) is 34.1 Å². The topological polar surface area (TPSA) is 68.0 Å². The van der Waals surface area contributed by atoms with Gasteiger partial charge < -0.3 is 0 Å². The lowest BCUT2D eigenvalue weighted by atomic mass is 10.1. The van der Waals surface area contributed by atoms with Gasteiger partial charge in [0.1, 0.15) is 0 Å². The Hall–Kier alpha value is -3.53. The molecule has 0 spiro atoms. The minimum absolute atomic E-state index is 0.342. The summed E-state index contributed by atoms with van der Waals surface area (Å²) in [7, 11) is 1.86. The van der Waals surface area contributed by atoms with E-state index < -0.39 is 11.7 Å². The third-order valence-electron chi connectivity index (χ3n) is 4.14. The second kappa shape index (κ2) is 8.07. The molecular weight excluding hydrogens is 413 g/mol. The van der Waals surface area contributed by atoms with Crippen LogP contribution in [0.25, 0.3) is 21.7 Å². The van der Waals surface area contributed by atoms with E-state index in [1.807, 2.05) is 25.4 Å². The summed E-state index contributed by atoms with van der Waals surface area (Å²) < 4.78 is 40.3. The lowest BCUT2D eigenvalue weighted by Gasteiger charge is -2.08. The van der Waals surface area contributed by atoms with E-state index in [0.717, 1.165) is 27.5 Å². The normalized spacial score (nSPS) is 11.9. The van der Waals surface area contributed by atoms with Gasteiger partial charge in [-0.25, -0.2) is 0 Å². The Kier molecular flexibility index (Phi) is 5.32. The number of hydrogen-bond acceptors (Lipinski definition) is 6. The number of benzene rings is 1. The molecule has 0 aliphatic heterocycles. The van der Waals surface area contributed by atoms with Gasteiger partial charge in [-0.15, -0.1) is 21.5 Å². The molecule has 4 aromatic rings. The monoisotopic (exact) mass is 428 g/mol. The summed E-state index contributed by atoms with van der Waals surface area (Å²) in [5.41, 5.74) is 3.76. The van der Waals surface area contributed by atoms with Crippen LogP contribution in [0, 0.1) is 0 Å². The number of alkyl halides is 3. The molecule has 0 aliphatic carbocycles. The van der Waals surface area contributed by atoms with Gasteiger partial charge in [-0.2, -0.15) is 23.4 Å². The lowest BCUT2D eigenvalue weighted by molar-refractivity contribution is -0.137. The fraction of sp³-hybridized carbons (Fsp3) is 0.100. The highest BCUT2D eigenvalue weighted by Gasteiger charge is 2.30. The summed E-state index contributed by atoms with van der Waals surface area (Å²) in [6.45, 7) is 0. The van der Waals surface area contributed by atoms with E-state index in [4.69, 9.17) is 0 Å². The van der Waals surface area contributed by atoms with Crippen LogP contribution in [0.5, 0.6) is 0 Å². The number of nitrogens with one attached hydrogen (secondary N) is 1. The fourth-order valence-electron chi connectivity index (χ4n) is 2.69. The van der Waals surface area contributed by atoms with Crippen molar-refractivity contribution in [1.82, 2.24) is 20.0 Å². The minimum atomic E-state index is -4.40. The first-order chi connectivity index (χ1) is 14.4. The van der Waals surface area contributed by atoms with Crippen molar-refractivity contribution in [2.75, 3.05) is 5.43 Å². The SMILES string of the molecule is Cn1cc(-c2ccc(/C=N/Nc3ccc(-c4cccc(C(F)(F)F)c4)nn3)s2)cn1. The third-order valence-corrected chi connectivity index (χ3v) is 5.21. The Morgan fingerprint density at radius 3 is 2.63 bits per heavy atom. The molecule has 4 rings (SSSR count). The molecule has 152 valence electrons. The molecule has 0 atom stereocenters. The van der Waals surface area contributed by atoms with E-state index in [-0.39, 0.29) is 0 Å². The molecular formula is C20H15F3N6S. The van der Waals surface area contributed by atoms with E-state index in [1.165, 1.54) is 6.07 Å². The first kappa shape index (κ1) is 19.8. The zero-order valence-electron chi connectivity index (χ0n) is 15.6. The number of aromatic nitrogens is 4. The quantitative estimate of drug-likeness (QED) is 0.356. The molecule has 0 amide bonds. The molecule has 0 aliphatic rings. The second-order valence-electron chi connectivity index (χ2n) is 6.36. The highest BCUT2D eigenvalue weighted by molar-refractivity contribution is 7.17. The van der Waals surface area contributed by atoms with Crippen molar-refractivity contribution >= 4 is 23.4 Å². The number of aryl methyl sites for hydroxylation is 1. The largest absolute Gasteiger partial charge is 0.416 e. The molecule has 0 saturated heterocycles. The van der Waals surface area contributed by atoms with Gasteiger partial charge >= 0.3 is 6.18 Å². The van der Waals surface area contributed by atoms with Crippen LogP contribution in [0.1, 0.15) is 10.4 Å². The van der Waals surface area contributed by atoms with Gasteiger partial charge in [-0.05, 0) is 36.4 Å². The van der Waals surface area contributed by atoms with Gasteiger partial charge in [-0.1, -0.05) is 12.1 Å². The van der Waals surface area contributed by atoms with E-state index in [0.29, 0.717) is 17.1 Å². The maximum absolute atomic E-state index is 12.9. The Labute approximate surface area is 173 Å². The predicted octanol–water partition coefficient (Wildman–Crippen LogP) is 5.07. The summed E-state index contributed by atoms with van der Waals surface area (Å²) in [6, 6.07) is 12.1. The molecule has 3 heterocycles. The Bertz CT molecular complexity index is 1180. The van der Waals surface area contributed by atoms with Crippen LogP contribution in [0.2, 0.25) is 0 Å². The molecule has 1 N–H and O–H groups in total. The van der Waals surface area contributed by atoms with Crippen molar-refractivity contribution in [3.05, 3.63) is 71.4 Å². The summed E-state index contributed by atoms with van der Waals surface area (Å²) in [5, 5.41) is 16.2. The van der Waals surface area contributed by atoms with Crippen LogP contribution in [0.15, 0.2) is 66.0 Å². The Morgan fingerprint density at radius 2 is 1.93 bits per heavy atom. The van der Waals surface area contributed by atoms with Crippen molar-refractivity contribution < 1.29 is 13.2 Å². The van der Waals surface area contributed by atoms with E-state index in [9.17, 15) is 13.2 Å². The average molecular weight is 428 g/mol. The van der Waals surface area contributed by atoms with Crippen molar-refractivity contribution in [2.45, 2.75) is 6.18 Å². The first-order valence-corrected chi connectivity index (χ1v) is 9.59. The summed E-state index contributed by atoms with van der Waals surface area (Å²) in [4.78, 5) is 2.02. The Balaban J connectivity index is 1.41. The van der Waals surface area contributed by atoms with Gasteiger partial charge in [0.05, 0.1) is 23.7 Å². The molecule has 0 radical (unpaired) electrons. The van der Waals surface area contributed by atoms with Crippen LogP contribution < -0.4 is 5.43 Å². The molecule has 0 unspecified atom stereocenters. The maximum Gasteiger partial charge on any atom is 0.416 e. The molecule has 30 heavy (non-hydrogen) atoms. The van der Waals surface area contributed by atoms with Crippen LogP contribution in [0.3, 0.4) is 0 Å². The standard InChI is InChI=1S/C20H15F3N6S/c1-29-12-14(10-25-29)18-7-5-16(30-18)11-24-27-19-8-6-17(26-28-19)13-3-2-4-15(9-13)20(21,22)23/h2-12H,1H3,(H,27,28)/b24-11+. The number of anilines is 1. The molecule has 6 nitrogen and oxygen atoms in total. The van der Waals surface area contributed by atoms with Crippen molar-refractivity contribution in [3.8, 4) is 21.7 Å². The molecule has 0 fully saturated rings. The second-order valence-corrected chi connectivity index (χ2v) is 7.47. The highest BCUT2D eigenvalue weighted by atomic mass is 32.1. The number of halogens is 3. The summed E-state index contributed by atoms with van der Waals surface area (Å²) >= 11 is 1.57. The lowest BCUT2D eigenvalue weighted by Crippen LogP contribution is -2.04. The average Bonchev–Trinajstić information content (AvgIpc) is 3.37. The van der Waals surface area contributed by atoms with Crippen molar-refractivity contribution in [1.29, 1.82) is 0 Å². The number of thiophene rings is 1. The van der Waals surface area contributed by atoms with Crippen molar-refractivity contribution in [3.63, 3.8) is 0 Å². The van der Waals surface area contributed by atoms with Gasteiger partial charge in [0.25, 0.3) is 0 Å². The Morgan fingerprint density at radius 1 is 1.07 bits per heavy atom. The van der Waals surface area contributed by atoms with Crippen molar-refractivity contribution in [2.24, 2.45) is 12.1 Å². The third kappa shape index (κ3) is 4.54. The smallest absolute Gasteiger partial charge is 0.275 e. The zero-order valence-corrected chi connectivity index (χ0v) is 16.4. The number of rotatable bonds is 5. The summed E-state index contributed by atoms with van der Waals surface area (Å²) in [6.07, 6.45) is 0.990. The molecule has 1 aromatic carbocycles. The first-order valence-electron chi connectivity index (χ1n) is 8.78. The van der Waals surface area contributed by atoms with E-state index in [1.54, 1.807) is 46.6 Å². The van der Waals surface area contributed by atoms with Crippen LogP contribution >= 0.6 is 11.3 Å². The molecule has 0 saturated carbocycles. The van der Waals surface area contributed by atoms with E-state index >= 15 is 0 Å². The molecule has 3 aromatic heterocycles. The highest BCUT2D eigenvalue weighted by Crippen LogP contribution is 2.31. The molecule has 0 bridgehead atoms. The zero-order chi connectivity index (χ0) is 21.1.